The number of pyridine rings is 1. The molecule has 0 atom stereocenters. The van der Waals surface area contributed by atoms with Crippen molar-refractivity contribution in [2.75, 3.05) is 12.9 Å². The lowest BCUT2D eigenvalue weighted by Crippen LogP contribution is -2.32. The molecule has 0 aliphatic heterocycles. The van der Waals surface area contributed by atoms with Crippen LogP contribution < -0.4 is 9.46 Å². The normalized spacial score (nSPS) is 15.1. The number of halogens is 1. The highest BCUT2D eigenvalue weighted by atomic mass is 35.5. The van der Waals surface area contributed by atoms with Gasteiger partial charge in [-0.05, 0) is 50.1 Å². The molecule has 164 valence electrons. The number of sulfonamides is 1. The number of nitrogens with zero attached hydrogens (tertiary/aromatic N) is 2. The van der Waals surface area contributed by atoms with Gasteiger partial charge in [-0.2, -0.15) is 0 Å². The summed E-state index contributed by atoms with van der Waals surface area (Å²) < 4.78 is 33.0. The Balaban J connectivity index is 1.73. The molecular weight excluding hydrogens is 438 g/mol. The molecule has 31 heavy (non-hydrogen) atoms. The fraction of sp³-hybridized carbons (Fsp3) is 0.364. The zero-order valence-electron chi connectivity index (χ0n) is 17.6. The van der Waals surface area contributed by atoms with Crippen molar-refractivity contribution in [2.24, 2.45) is 0 Å². The van der Waals surface area contributed by atoms with E-state index >= 15 is 0 Å². The average molecular weight is 462 g/mol. The molecule has 2 heterocycles. The van der Waals surface area contributed by atoms with Crippen molar-refractivity contribution in [3.05, 3.63) is 58.5 Å². The zero-order chi connectivity index (χ0) is 22.4. The second-order valence-corrected chi connectivity index (χ2v) is 10.5. The number of amides is 1. The second kappa shape index (κ2) is 7.84. The van der Waals surface area contributed by atoms with Crippen molar-refractivity contribution in [1.82, 2.24) is 14.3 Å². The smallest absolute Gasteiger partial charge is 0.283 e. The first-order chi connectivity index (χ1) is 14.7. The van der Waals surface area contributed by atoms with Crippen molar-refractivity contribution in [3.63, 3.8) is 0 Å². The fourth-order valence-electron chi connectivity index (χ4n) is 3.66. The van der Waals surface area contributed by atoms with Gasteiger partial charge in [0.1, 0.15) is 11.4 Å². The summed E-state index contributed by atoms with van der Waals surface area (Å²) >= 11 is 6.40. The van der Waals surface area contributed by atoms with Crippen molar-refractivity contribution in [2.45, 2.75) is 38.6 Å². The van der Waals surface area contributed by atoms with Crippen molar-refractivity contribution >= 4 is 38.4 Å². The summed E-state index contributed by atoms with van der Waals surface area (Å²) in [6.45, 7) is 4.12. The highest BCUT2D eigenvalue weighted by molar-refractivity contribution is 7.90. The number of benzene rings is 1. The van der Waals surface area contributed by atoms with E-state index in [1.165, 1.54) is 18.7 Å². The summed E-state index contributed by atoms with van der Waals surface area (Å²) in [6, 6.07) is 11.0. The van der Waals surface area contributed by atoms with Crippen LogP contribution in [-0.2, 0) is 22.0 Å². The number of carbonyl (C=O) groups excluding carboxylic acids is 1. The molecule has 7 nitrogen and oxygen atoms in total. The SMILES string of the molecule is CCS(=O)(=O)NC(=O)c1cccc(Cn2c(C3(C)CC3)cc3cc(OC)c(Cl)cc32)n1. The maximum Gasteiger partial charge on any atom is 0.283 e. The molecule has 0 spiro atoms. The minimum Gasteiger partial charge on any atom is -0.495 e. The van der Waals surface area contributed by atoms with E-state index in [1.54, 1.807) is 13.2 Å². The Labute approximate surface area is 186 Å². The fourth-order valence-corrected chi connectivity index (χ4v) is 4.42. The molecule has 1 saturated carbocycles. The van der Waals surface area contributed by atoms with Gasteiger partial charge in [0, 0.05) is 16.5 Å². The molecular formula is C22H24ClN3O4S. The lowest BCUT2D eigenvalue weighted by atomic mass is 10.1. The molecule has 1 N–H and O–H groups in total. The molecule has 2 aromatic heterocycles. The number of carbonyl (C=O) groups is 1. The van der Waals surface area contributed by atoms with Crippen LogP contribution in [0.25, 0.3) is 10.9 Å². The van der Waals surface area contributed by atoms with Gasteiger partial charge < -0.3 is 9.30 Å². The maximum atomic E-state index is 12.3. The van der Waals surface area contributed by atoms with Gasteiger partial charge in [0.15, 0.2) is 0 Å². The van der Waals surface area contributed by atoms with E-state index in [0.29, 0.717) is 23.0 Å². The minimum absolute atomic E-state index is 0.0601. The molecule has 1 amide bonds. The monoisotopic (exact) mass is 461 g/mol. The van der Waals surface area contributed by atoms with Gasteiger partial charge >= 0.3 is 0 Å². The first-order valence-corrected chi connectivity index (χ1v) is 12.1. The second-order valence-electron chi connectivity index (χ2n) is 8.07. The Bertz CT molecular complexity index is 1280. The van der Waals surface area contributed by atoms with Crippen LogP contribution in [0, 0.1) is 0 Å². The van der Waals surface area contributed by atoms with Crippen LogP contribution >= 0.6 is 11.6 Å². The van der Waals surface area contributed by atoms with Gasteiger partial charge in [0.2, 0.25) is 10.0 Å². The number of rotatable bonds is 7. The van der Waals surface area contributed by atoms with Gasteiger partial charge in [0.05, 0.1) is 35.6 Å². The first kappa shape index (κ1) is 21.6. The Hall–Kier alpha value is -2.58. The highest BCUT2D eigenvalue weighted by Gasteiger charge is 2.42. The lowest BCUT2D eigenvalue weighted by Gasteiger charge is -2.16. The van der Waals surface area contributed by atoms with Crippen molar-refractivity contribution < 1.29 is 17.9 Å². The average Bonchev–Trinajstić information content (AvgIpc) is 3.39. The summed E-state index contributed by atoms with van der Waals surface area (Å²) in [4.78, 5) is 16.8. The Morgan fingerprint density at radius 3 is 2.68 bits per heavy atom. The van der Waals surface area contributed by atoms with E-state index in [9.17, 15) is 13.2 Å². The van der Waals surface area contributed by atoms with Crippen LogP contribution in [0.4, 0.5) is 0 Å². The molecule has 3 aromatic rings. The van der Waals surface area contributed by atoms with E-state index in [2.05, 4.69) is 22.5 Å². The number of nitrogens with one attached hydrogen (secondary N) is 1. The van der Waals surface area contributed by atoms with Gasteiger partial charge in [-0.3, -0.25) is 4.79 Å². The van der Waals surface area contributed by atoms with Gasteiger partial charge in [0.25, 0.3) is 5.91 Å². The molecule has 1 aliphatic carbocycles. The van der Waals surface area contributed by atoms with Crippen LogP contribution in [0.2, 0.25) is 5.02 Å². The number of hydrogen-bond acceptors (Lipinski definition) is 5. The lowest BCUT2D eigenvalue weighted by molar-refractivity contribution is 0.0976. The third-order valence-electron chi connectivity index (χ3n) is 5.78. The molecule has 0 saturated heterocycles. The molecule has 0 bridgehead atoms. The summed E-state index contributed by atoms with van der Waals surface area (Å²) in [5.74, 6) is -0.295. The van der Waals surface area contributed by atoms with Crippen LogP contribution in [0.1, 0.15) is 48.6 Å². The number of hydrogen-bond donors (Lipinski definition) is 1. The van der Waals surface area contributed by atoms with Crippen LogP contribution in [0.3, 0.4) is 0 Å². The zero-order valence-corrected chi connectivity index (χ0v) is 19.2. The number of fused-ring (bicyclic) bond motifs is 1. The predicted octanol–water partition coefficient (Wildman–Crippen LogP) is 3.88. The summed E-state index contributed by atoms with van der Waals surface area (Å²) in [5.41, 5.74) is 2.93. The molecule has 0 radical (unpaired) electrons. The Kier molecular flexibility index (Phi) is 5.47. The van der Waals surface area contributed by atoms with Crippen LogP contribution in [0.15, 0.2) is 36.4 Å². The van der Waals surface area contributed by atoms with Gasteiger partial charge in [-0.25, -0.2) is 18.1 Å². The molecule has 4 rings (SSSR count). The minimum atomic E-state index is -3.66. The third kappa shape index (κ3) is 4.27. The molecule has 0 unspecified atom stereocenters. The molecule has 1 aliphatic rings. The van der Waals surface area contributed by atoms with E-state index in [1.807, 2.05) is 22.9 Å². The van der Waals surface area contributed by atoms with Crippen LogP contribution in [0.5, 0.6) is 5.75 Å². The standard InChI is InChI=1S/C22H24ClN3O4S/c1-4-31(28,29)25-21(27)17-7-5-6-15(24-17)13-26-18-12-16(23)19(30-3)10-14(18)11-20(26)22(2)8-9-22/h5-7,10-12H,4,8-9,13H2,1-3H3,(H,25,27). The van der Waals surface area contributed by atoms with E-state index < -0.39 is 15.9 Å². The summed E-state index contributed by atoms with van der Waals surface area (Å²) in [7, 11) is -2.07. The summed E-state index contributed by atoms with van der Waals surface area (Å²) in [5, 5.41) is 1.54. The molecule has 1 fully saturated rings. The predicted molar refractivity (Wildman–Crippen MR) is 120 cm³/mol. The summed E-state index contributed by atoms with van der Waals surface area (Å²) in [6.07, 6.45) is 2.19. The Morgan fingerprint density at radius 2 is 2.03 bits per heavy atom. The van der Waals surface area contributed by atoms with Crippen LogP contribution in [-0.4, -0.2) is 36.7 Å². The van der Waals surface area contributed by atoms with Crippen molar-refractivity contribution in [1.29, 1.82) is 0 Å². The van der Waals surface area contributed by atoms with Crippen molar-refractivity contribution in [3.8, 4) is 5.75 Å². The van der Waals surface area contributed by atoms with E-state index in [0.717, 1.165) is 23.7 Å². The number of ether oxygens (including phenoxy) is 1. The van der Waals surface area contributed by atoms with Gasteiger partial charge in [-0.15, -0.1) is 0 Å². The quantitative estimate of drug-likeness (QED) is 0.576. The van der Waals surface area contributed by atoms with Gasteiger partial charge in [-0.1, -0.05) is 24.6 Å². The van der Waals surface area contributed by atoms with E-state index in [4.69, 9.17) is 16.3 Å². The molecule has 1 aromatic carbocycles. The largest absolute Gasteiger partial charge is 0.495 e. The Morgan fingerprint density at radius 1 is 1.29 bits per heavy atom. The molecule has 9 heteroatoms. The number of methoxy groups -OCH3 is 1. The topological polar surface area (TPSA) is 90.3 Å². The maximum absolute atomic E-state index is 12.3. The van der Waals surface area contributed by atoms with E-state index in [-0.39, 0.29) is 16.9 Å². The third-order valence-corrected chi connectivity index (χ3v) is 7.33. The number of aromatic nitrogens is 2. The first-order valence-electron chi connectivity index (χ1n) is 10.0. The highest BCUT2D eigenvalue weighted by Crippen LogP contribution is 2.49.